The summed E-state index contributed by atoms with van der Waals surface area (Å²) in [5.74, 6) is -3.35. The van der Waals surface area contributed by atoms with Crippen molar-refractivity contribution >= 4 is 17.7 Å². The van der Waals surface area contributed by atoms with Gasteiger partial charge < -0.3 is 25.2 Å². The van der Waals surface area contributed by atoms with Gasteiger partial charge in [0, 0.05) is 40.0 Å². The van der Waals surface area contributed by atoms with Gasteiger partial charge in [0.1, 0.15) is 18.7 Å². The van der Waals surface area contributed by atoms with Crippen LogP contribution in [-0.2, 0) is 32.0 Å². The highest BCUT2D eigenvalue weighted by Crippen LogP contribution is 2.22. The van der Waals surface area contributed by atoms with Crippen molar-refractivity contribution in [2.24, 2.45) is 0 Å². The molecule has 0 radical (unpaired) electrons. The Bertz CT molecular complexity index is 1410. The minimum atomic E-state index is -1.04. The van der Waals surface area contributed by atoms with E-state index in [0.29, 0.717) is 12.2 Å². The van der Waals surface area contributed by atoms with Gasteiger partial charge in [-0.3, -0.25) is 14.4 Å². The molecule has 1 aliphatic rings. The van der Waals surface area contributed by atoms with E-state index in [0.717, 1.165) is 48.2 Å². The molecule has 0 aliphatic carbocycles. The summed E-state index contributed by atoms with van der Waals surface area (Å²) in [6, 6.07) is 19.2. The highest BCUT2D eigenvalue weighted by molar-refractivity contribution is 5.92. The second kappa shape index (κ2) is 15.5. The Morgan fingerprint density at radius 1 is 0.886 bits per heavy atom. The molecule has 0 saturated carbocycles. The maximum atomic E-state index is 14.1. The van der Waals surface area contributed by atoms with Gasteiger partial charge >= 0.3 is 0 Å². The third-order valence-electron chi connectivity index (χ3n) is 8.12. The molecule has 8 nitrogen and oxygen atoms in total. The maximum absolute atomic E-state index is 14.1. The Balaban J connectivity index is 1.56. The second-order valence-electron chi connectivity index (χ2n) is 11.1. The summed E-state index contributed by atoms with van der Waals surface area (Å²) in [6.45, 7) is 1.12. The lowest BCUT2D eigenvalue weighted by molar-refractivity contribution is -0.149. The van der Waals surface area contributed by atoms with E-state index >= 15 is 0 Å². The van der Waals surface area contributed by atoms with Crippen LogP contribution >= 0.6 is 0 Å². The fourth-order valence-corrected chi connectivity index (χ4v) is 5.39. The monoisotopic (exact) mass is 606 g/mol. The maximum Gasteiger partial charge on any atom is 0.249 e. The number of amides is 3. The van der Waals surface area contributed by atoms with Crippen molar-refractivity contribution in [2.45, 2.75) is 43.8 Å². The highest BCUT2D eigenvalue weighted by Gasteiger charge is 2.35. The van der Waals surface area contributed by atoms with Crippen molar-refractivity contribution in [2.75, 3.05) is 40.9 Å². The molecule has 0 bridgehead atoms. The molecule has 3 amide bonds. The van der Waals surface area contributed by atoms with Gasteiger partial charge in [-0.1, -0.05) is 60.7 Å². The van der Waals surface area contributed by atoms with E-state index in [4.69, 9.17) is 4.74 Å². The number of carbonyl (C=O) groups excluding carboxylic acids is 3. The number of halogens is 2. The number of carbonyl (C=O) groups is 3. The lowest BCUT2D eigenvalue weighted by Gasteiger charge is -2.34. The minimum absolute atomic E-state index is 0.0488. The summed E-state index contributed by atoms with van der Waals surface area (Å²) in [6.07, 6.45) is 2.18. The van der Waals surface area contributed by atoms with Crippen LogP contribution in [0.4, 0.5) is 8.78 Å². The molecule has 3 aromatic carbocycles. The predicted octanol–water partition coefficient (Wildman–Crippen LogP) is 3.59. The smallest absolute Gasteiger partial charge is 0.249 e. The van der Waals surface area contributed by atoms with Crippen LogP contribution in [0.3, 0.4) is 0 Å². The molecule has 0 aromatic heterocycles. The quantitative estimate of drug-likeness (QED) is 0.311. The van der Waals surface area contributed by atoms with Crippen LogP contribution in [0, 0.1) is 11.6 Å². The fourth-order valence-electron chi connectivity index (χ4n) is 5.39. The average Bonchev–Trinajstić information content (AvgIpc) is 3.57. The standard InChI is InChI=1S/C34H40F2N4O4/c1-37-33(42)30(20-24-13-16-28(35)29(36)18-24)40(3)34(43)31(39(2)32(41)22-44-21-27-10-7-17-38-27)19-23-11-14-26(15-12-23)25-8-5-4-6-9-25/h4-6,8-9,11-16,18,27,30-31,38H,7,10,17,19-22H2,1-3H3,(H,37,42). The Labute approximate surface area is 257 Å². The Hall–Kier alpha value is -4.15. The zero-order chi connectivity index (χ0) is 31.6. The average molecular weight is 607 g/mol. The van der Waals surface area contributed by atoms with Gasteiger partial charge in [-0.05, 0) is 53.8 Å². The Morgan fingerprint density at radius 2 is 1.55 bits per heavy atom. The van der Waals surface area contributed by atoms with Crippen LogP contribution < -0.4 is 10.6 Å². The van der Waals surface area contributed by atoms with Gasteiger partial charge in [-0.25, -0.2) is 8.78 Å². The molecule has 3 aromatic rings. The molecule has 1 fully saturated rings. The molecule has 234 valence electrons. The van der Waals surface area contributed by atoms with Crippen molar-refractivity contribution < 1.29 is 27.9 Å². The normalized spacial score (nSPS) is 15.8. The first-order valence-corrected chi connectivity index (χ1v) is 14.8. The number of hydrogen-bond acceptors (Lipinski definition) is 5. The van der Waals surface area contributed by atoms with Crippen molar-refractivity contribution in [3.05, 3.63) is 95.6 Å². The third kappa shape index (κ3) is 8.48. The topological polar surface area (TPSA) is 91.0 Å². The van der Waals surface area contributed by atoms with Crippen molar-refractivity contribution in [1.29, 1.82) is 0 Å². The van der Waals surface area contributed by atoms with Crippen LogP contribution in [0.1, 0.15) is 24.0 Å². The molecule has 2 N–H and O–H groups in total. The van der Waals surface area contributed by atoms with Gasteiger partial charge in [0.05, 0.1) is 6.61 Å². The van der Waals surface area contributed by atoms with E-state index in [-0.39, 0.29) is 31.4 Å². The largest absolute Gasteiger partial charge is 0.370 e. The molecule has 44 heavy (non-hydrogen) atoms. The van der Waals surface area contributed by atoms with Gasteiger partial charge in [-0.2, -0.15) is 0 Å². The van der Waals surface area contributed by atoms with E-state index < -0.39 is 35.5 Å². The van der Waals surface area contributed by atoms with Gasteiger partial charge in [-0.15, -0.1) is 0 Å². The van der Waals surface area contributed by atoms with E-state index in [9.17, 15) is 23.2 Å². The second-order valence-corrected chi connectivity index (χ2v) is 11.1. The summed E-state index contributed by atoms with van der Waals surface area (Å²) in [5, 5.41) is 5.88. The zero-order valence-corrected chi connectivity index (χ0v) is 25.4. The number of nitrogens with one attached hydrogen (secondary N) is 2. The van der Waals surface area contributed by atoms with Gasteiger partial charge in [0.2, 0.25) is 17.7 Å². The van der Waals surface area contributed by atoms with E-state index in [1.165, 1.54) is 30.0 Å². The number of ether oxygens (including phenoxy) is 1. The summed E-state index contributed by atoms with van der Waals surface area (Å²) < 4.78 is 33.2. The van der Waals surface area contributed by atoms with Gasteiger partial charge in [0.15, 0.2) is 11.6 Å². The van der Waals surface area contributed by atoms with Crippen molar-refractivity contribution in [3.8, 4) is 11.1 Å². The Kier molecular flexibility index (Phi) is 11.6. The zero-order valence-electron chi connectivity index (χ0n) is 25.4. The first kappa shape index (κ1) is 32.8. The minimum Gasteiger partial charge on any atom is -0.370 e. The first-order valence-electron chi connectivity index (χ1n) is 14.8. The molecular weight excluding hydrogens is 566 g/mol. The predicted molar refractivity (Wildman–Crippen MR) is 165 cm³/mol. The lowest BCUT2D eigenvalue weighted by Crippen LogP contribution is -2.56. The van der Waals surface area contributed by atoms with Crippen LogP contribution in [-0.4, -0.2) is 86.5 Å². The van der Waals surface area contributed by atoms with Crippen LogP contribution in [0.2, 0.25) is 0 Å². The molecule has 1 saturated heterocycles. The number of nitrogens with zero attached hydrogens (tertiary/aromatic N) is 2. The molecule has 10 heteroatoms. The SMILES string of the molecule is CNC(=O)C(Cc1ccc(F)c(F)c1)N(C)C(=O)C(Cc1ccc(-c2ccccc2)cc1)N(C)C(=O)COCC1CCCN1. The number of hydrogen-bond donors (Lipinski definition) is 2. The third-order valence-corrected chi connectivity index (χ3v) is 8.12. The number of likely N-dealkylation sites (N-methyl/N-ethyl adjacent to an activating group) is 3. The fraction of sp³-hybridized carbons (Fsp3) is 0.382. The van der Waals surface area contributed by atoms with Crippen LogP contribution in [0.25, 0.3) is 11.1 Å². The van der Waals surface area contributed by atoms with Crippen molar-refractivity contribution in [1.82, 2.24) is 20.4 Å². The first-order chi connectivity index (χ1) is 21.2. The molecule has 3 unspecified atom stereocenters. The van der Waals surface area contributed by atoms with E-state index in [1.807, 2.05) is 54.6 Å². The summed E-state index contributed by atoms with van der Waals surface area (Å²) in [4.78, 5) is 43.0. The Morgan fingerprint density at radius 3 is 2.18 bits per heavy atom. The molecule has 1 heterocycles. The summed E-state index contributed by atoms with van der Waals surface area (Å²) in [7, 11) is 4.48. The van der Waals surface area contributed by atoms with Crippen LogP contribution in [0.15, 0.2) is 72.8 Å². The highest BCUT2D eigenvalue weighted by atomic mass is 19.2. The summed E-state index contributed by atoms with van der Waals surface area (Å²) in [5.41, 5.74) is 3.24. The number of benzene rings is 3. The molecular formula is C34H40F2N4O4. The van der Waals surface area contributed by atoms with E-state index in [1.54, 1.807) is 7.05 Å². The molecule has 4 rings (SSSR count). The van der Waals surface area contributed by atoms with Crippen molar-refractivity contribution in [3.63, 3.8) is 0 Å². The van der Waals surface area contributed by atoms with E-state index in [2.05, 4.69) is 10.6 Å². The summed E-state index contributed by atoms with van der Waals surface area (Å²) >= 11 is 0. The molecule has 3 atom stereocenters. The van der Waals surface area contributed by atoms with Crippen LogP contribution in [0.5, 0.6) is 0 Å². The van der Waals surface area contributed by atoms with Gasteiger partial charge in [0.25, 0.3) is 0 Å². The molecule has 0 spiro atoms. The lowest BCUT2D eigenvalue weighted by atomic mass is 9.98. The molecule has 1 aliphatic heterocycles. The number of rotatable bonds is 13.